The van der Waals surface area contributed by atoms with Crippen molar-refractivity contribution in [2.45, 2.75) is 46.3 Å². The van der Waals surface area contributed by atoms with Gasteiger partial charge in [-0.3, -0.25) is 4.79 Å². The highest BCUT2D eigenvalue weighted by Crippen LogP contribution is 2.17. The Balaban J connectivity index is 1.55. The third-order valence-electron chi connectivity index (χ3n) is 5.12. The van der Waals surface area contributed by atoms with Gasteiger partial charge in [0, 0.05) is 24.6 Å². The molecule has 3 aromatic rings. The zero-order chi connectivity index (χ0) is 21.3. The van der Waals surface area contributed by atoms with Crippen molar-refractivity contribution < 1.29 is 14.1 Å². The third-order valence-corrected chi connectivity index (χ3v) is 5.12. The van der Waals surface area contributed by atoms with Gasteiger partial charge in [-0.05, 0) is 25.8 Å². The Morgan fingerprint density at radius 2 is 1.87 bits per heavy atom. The number of carbonyl (C=O) groups excluding carboxylic acids is 1. The van der Waals surface area contributed by atoms with Crippen LogP contribution in [0.3, 0.4) is 0 Å². The SMILES string of the molecule is CC[C@H](C)N(CCc1nc(-c2ccc(C)cc2)no1)C(=O)COCc1ccccc1. The standard InChI is InChI=1S/C24H29N3O3/c1-4-19(3)27(23(28)17-29-16-20-8-6-5-7-9-20)15-14-22-25-24(26-30-22)21-12-10-18(2)11-13-21/h5-13,19H,4,14-17H2,1-3H3/t19-/m0/s1. The summed E-state index contributed by atoms with van der Waals surface area (Å²) in [6.07, 6.45) is 1.37. The molecule has 0 aliphatic rings. The van der Waals surface area contributed by atoms with E-state index in [9.17, 15) is 4.79 Å². The van der Waals surface area contributed by atoms with E-state index in [0.29, 0.717) is 31.3 Å². The number of rotatable bonds is 10. The summed E-state index contributed by atoms with van der Waals surface area (Å²) in [6, 6.07) is 17.9. The molecule has 0 fully saturated rings. The summed E-state index contributed by atoms with van der Waals surface area (Å²) < 4.78 is 11.0. The second-order valence-corrected chi connectivity index (χ2v) is 7.45. The van der Waals surface area contributed by atoms with Crippen LogP contribution >= 0.6 is 0 Å². The van der Waals surface area contributed by atoms with Crippen LogP contribution in [0.1, 0.15) is 37.3 Å². The highest BCUT2D eigenvalue weighted by molar-refractivity contribution is 5.77. The van der Waals surface area contributed by atoms with Gasteiger partial charge in [-0.1, -0.05) is 72.2 Å². The first-order valence-corrected chi connectivity index (χ1v) is 10.4. The average Bonchev–Trinajstić information content (AvgIpc) is 3.24. The molecule has 2 aromatic carbocycles. The van der Waals surface area contributed by atoms with E-state index >= 15 is 0 Å². The van der Waals surface area contributed by atoms with Crippen LogP contribution < -0.4 is 0 Å². The summed E-state index contributed by atoms with van der Waals surface area (Å²) in [4.78, 5) is 19.1. The smallest absolute Gasteiger partial charge is 0.248 e. The van der Waals surface area contributed by atoms with Gasteiger partial charge in [-0.15, -0.1) is 0 Å². The number of aryl methyl sites for hydroxylation is 1. The summed E-state index contributed by atoms with van der Waals surface area (Å²) in [5.41, 5.74) is 3.15. The monoisotopic (exact) mass is 407 g/mol. The second-order valence-electron chi connectivity index (χ2n) is 7.45. The Labute approximate surface area is 177 Å². The van der Waals surface area contributed by atoms with Crippen LogP contribution in [-0.4, -0.2) is 40.1 Å². The molecule has 0 radical (unpaired) electrons. The molecule has 0 unspecified atom stereocenters. The van der Waals surface area contributed by atoms with Gasteiger partial charge in [0.1, 0.15) is 6.61 Å². The summed E-state index contributed by atoms with van der Waals surface area (Å²) in [5, 5.41) is 4.07. The Morgan fingerprint density at radius 3 is 2.57 bits per heavy atom. The lowest BCUT2D eigenvalue weighted by Crippen LogP contribution is -2.41. The molecular formula is C24H29N3O3. The summed E-state index contributed by atoms with van der Waals surface area (Å²) in [6.45, 7) is 7.13. The van der Waals surface area contributed by atoms with Gasteiger partial charge >= 0.3 is 0 Å². The first-order chi connectivity index (χ1) is 14.6. The molecule has 6 heteroatoms. The molecule has 3 rings (SSSR count). The average molecular weight is 408 g/mol. The minimum atomic E-state index is -0.0291. The van der Waals surface area contributed by atoms with Crippen LogP contribution in [0.25, 0.3) is 11.4 Å². The Morgan fingerprint density at radius 1 is 1.13 bits per heavy atom. The van der Waals surface area contributed by atoms with Crippen molar-refractivity contribution in [3.63, 3.8) is 0 Å². The Bertz CT molecular complexity index is 922. The molecule has 30 heavy (non-hydrogen) atoms. The van der Waals surface area contributed by atoms with Gasteiger partial charge in [-0.25, -0.2) is 0 Å². The van der Waals surface area contributed by atoms with Crippen LogP contribution in [0, 0.1) is 6.92 Å². The number of benzene rings is 2. The van der Waals surface area contributed by atoms with E-state index in [0.717, 1.165) is 17.5 Å². The first-order valence-electron chi connectivity index (χ1n) is 10.4. The van der Waals surface area contributed by atoms with E-state index in [1.54, 1.807) is 0 Å². The predicted molar refractivity (Wildman–Crippen MR) is 116 cm³/mol. The molecular weight excluding hydrogens is 378 g/mol. The van der Waals surface area contributed by atoms with Gasteiger partial charge in [0.05, 0.1) is 6.61 Å². The fourth-order valence-corrected chi connectivity index (χ4v) is 3.12. The van der Waals surface area contributed by atoms with E-state index < -0.39 is 0 Å². The lowest BCUT2D eigenvalue weighted by atomic mass is 10.1. The fraction of sp³-hybridized carbons (Fsp3) is 0.375. The molecule has 1 aromatic heterocycles. The molecule has 0 bridgehead atoms. The van der Waals surface area contributed by atoms with Crippen molar-refractivity contribution in [1.82, 2.24) is 15.0 Å². The topological polar surface area (TPSA) is 68.5 Å². The second kappa shape index (κ2) is 10.7. The van der Waals surface area contributed by atoms with Crippen molar-refractivity contribution in [3.8, 4) is 11.4 Å². The van der Waals surface area contributed by atoms with E-state index in [-0.39, 0.29) is 18.6 Å². The summed E-state index contributed by atoms with van der Waals surface area (Å²) in [5.74, 6) is 1.06. The van der Waals surface area contributed by atoms with Crippen LogP contribution in [0.5, 0.6) is 0 Å². The first kappa shape index (κ1) is 21.7. The summed E-state index contributed by atoms with van der Waals surface area (Å²) >= 11 is 0. The maximum absolute atomic E-state index is 12.7. The molecule has 6 nitrogen and oxygen atoms in total. The number of aromatic nitrogens is 2. The van der Waals surface area contributed by atoms with Crippen molar-refractivity contribution in [2.24, 2.45) is 0 Å². The number of carbonyl (C=O) groups is 1. The fourth-order valence-electron chi connectivity index (χ4n) is 3.12. The van der Waals surface area contributed by atoms with Crippen LogP contribution in [0.2, 0.25) is 0 Å². The molecule has 0 saturated heterocycles. The van der Waals surface area contributed by atoms with Gasteiger partial charge < -0.3 is 14.2 Å². The zero-order valence-electron chi connectivity index (χ0n) is 17.9. The van der Waals surface area contributed by atoms with Gasteiger partial charge in [0.2, 0.25) is 17.6 Å². The normalized spacial score (nSPS) is 12.0. The minimum absolute atomic E-state index is 0.0291. The molecule has 1 heterocycles. The lowest BCUT2D eigenvalue weighted by Gasteiger charge is -2.28. The molecule has 158 valence electrons. The molecule has 1 amide bonds. The number of hydrogen-bond acceptors (Lipinski definition) is 5. The lowest BCUT2D eigenvalue weighted by molar-refractivity contribution is -0.138. The predicted octanol–water partition coefficient (Wildman–Crippen LogP) is 4.43. The largest absolute Gasteiger partial charge is 0.367 e. The Hall–Kier alpha value is -2.99. The van der Waals surface area contributed by atoms with E-state index in [1.165, 1.54) is 5.56 Å². The summed E-state index contributed by atoms with van der Waals surface area (Å²) in [7, 11) is 0. The highest BCUT2D eigenvalue weighted by atomic mass is 16.5. The van der Waals surface area contributed by atoms with E-state index in [2.05, 4.69) is 17.1 Å². The third kappa shape index (κ3) is 6.00. The number of hydrogen-bond donors (Lipinski definition) is 0. The highest BCUT2D eigenvalue weighted by Gasteiger charge is 2.20. The van der Waals surface area contributed by atoms with Crippen LogP contribution in [-0.2, 0) is 22.6 Å². The molecule has 0 spiro atoms. The maximum atomic E-state index is 12.7. The quantitative estimate of drug-likeness (QED) is 0.497. The van der Waals surface area contributed by atoms with Crippen LogP contribution in [0.4, 0.5) is 0 Å². The number of amides is 1. The molecule has 0 aliphatic carbocycles. The van der Waals surface area contributed by atoms with E-state index in [1.807, 2.05) is 73.3 Å². The van der Waals surface area contributed by atoms with Crippen molar-refractivity contribution in [1.29, 1.82) is 0 Å². The van der Waals surface area contributed by atoms with Crippen molar-refractivity contribution in [3.05, 3.63) is 71.6 Å². The molecule has 0 N–H and O–H groups in total. The number of ether oxygens (including phenoxy) is 1. The zero-order valence-corrected chi connectivity index (χ0v) is 17.9. The van der Waals surface area contributed by atoms with Gasteiger partial charge in [0.15, 0.2) is 0 Å². The van der Waals surface area contributed by atoms with E-state index in [4.69, 9.17) is 9.26 Å². The molecule has 0 saturated carbocycles. The van der Waals surface area contributed by atoms with Crippen molar-refractivity contribution >= 4 is 5.91 Å². The minimum Gasteiger partial charge on any atom is -0.367 e. The molecule has 1 atom stereocenters. The number of nitrogens with zero attached hydrogens (tertiary/aromatic N) is 3. The molecule has 0 aliphatic heterocycles. The maximum Gasteiger partial charge on any atom is 0.248 e. The van der Waals surface area contributed by atoms with Gasteiger partial charge in [0.25, 0.3) is 0 Å². The van der Waals surface area contributed by atoms with Gasteiger partial charge in [-0.2, -0.15) is 4.98 Å². The van der Waals surface area contributed by atoms with Crippen LogP contribution in [0.15, 0.2) is 59.1 Å². The Kier molecular flexibility index (Phi) is 7.74. The van der Waals surface area contributed by atoms with Crippen molar-refractivity contribution in [2.75, 3.05) is 13.2 Å².